The number of anilines is 1. The molecule has 0 aliphatic carbocycles. The molecular weight excluding hydrogens is 497 g/mol. The second-order valence-electron chi connectivity index (χ2n) is 7.77. The van der Waals surface area contributed by atoms with Crippen molar-refractivity contribution in [2.24, 2.45) is 0 Å². The Morgan fingerprint density at radius 1 is 0.972 bits per heavy atom. The van der Waals surface area contributed by atoms with E-state index in [0.29, 0.717) is 27.4 Å². The van der Waals surface area contributed by atoms with E-state index in [4.69, 9.17) is 9.47 Å². The Bertz CT molecular complexity index is 1310. The molecule has 0 fully saturated rings. The lowest BCUT2D eigenvalue weighted by Crippen LogP contribution is -2.41. The van der Waals surface area contributed by atoms with Crippen LogP contribution < -0.4 is 19.1 Å². The molecule has 3 aromatic rings. The molecule has 0 saturated carbocycles. The zero-order chi connectivity index (χ0) is 26.5. The maximum absolute atomic E-state index is 13.4. The number of amides is 1. The third kappa shape index (κ3) is 6.09. The van der Waals surface area contributed by atoms with Crippen molar-refractivity contribution < 1.29 is 35.9 Å². The summed E-state index contributed by atoms with van der Waals surface area (Å²) in [5.41, 5.74) is -0.764. The van der Waals surface area contributed by atoms with Gasteiger partial charge in [0.05, 0.1) is 36.4 Å². The number of carbonyl (C=O) groups excluding carboxylic acids is 1. The van der Waals surface area contributed by atoms with Gasteiger partial charge >= 0.3 is 6.18 Å². The SMILES string of the molecule is COc1ccc(OC)c(C(C)NC(=O)CN(c2cccc(C(F)(F)F)c2)S(=O)(=O)c2ccccc2)c1. The highest BCUT2D eigenvalue weighted by molar-refractivity contribution is 7.92. The number of sulfonamides is 1. The van der Waals surface area contributed by atoms with E-state index in [1.807, 2.05) is 0 Å². The van der Waals surface area contributed by atoms with Crippen LogP contribution in [0.4, 0.5) is 18.9 Å². The highest BCUT2D eigenvalue weighted by Gasteiger charge is 2.33. The minimum absolute atomic E-state index is 0.169. The van der Waals surface area contributed by atoms with E-state index in [9.17, 15) is 26.4 Å². The Kier molecular flexibility index (Phi) is 8.13. The van der Waals surface area contributed by atoms with Crippen LogP contribution in [0, 0.1) is 0 Å². The van der Waals surface area contributed by atoms with E-state index in [2.05, 4.69) is 5.32 Å². The molecule has 0 radical (unpaired) electrons. The van der Waals surface area contributed by atoms with Crippen LogP contribution in [0.1, 0.15) is 24.1 Å². The van der Waals surface area contributed by atoms with Crippen molar-refractivity contribution in [3.8, 4) is 11.5 Å². The molecule has 0 heterocycles. The number of methoxy groups -OCH3 is 2. The van der Waals surface area contributed by atoms with Gasteiger partial charge in [0.2, 0.25) is 5.91 Å². The summed E-state index contributed by atoms with van der Waals surface area (Å²) in [6, 6.07) is 15.4. The molecule has 0 aromatic heterocycles. The van der Waals surface area contributed by atoms with Crippen LogP contribution in [0.2, 0.25) is 0 Å². The number of hydrogen-bond donors (Lipinski definition) is 1. The first kappa shape index (κ1) is 26.9. The Labute approximate surface area is 207 Å². The average Bonchev–Trinajstić information content (AvgIpc) is 2.86. The fourth-order valence-electron chi connectivity index (χ4n) is 3.55. The summed E-state index contributed by atoms with van der Waals surface area (Å²) in [4.78, 5) is 12.8. The molecule has 3 aromatic carbocycles. The molecule has 1 N–H and O–H groups in total. The van der Waals surface area contributed by atoms with Gasteiger partial charge in [-0.05, 0) is 55.5 Å². The fourth-order valence-corrected chi connectivity index (χ4v) is 4.98. The first-order valence-corrected chi connectivity index (χ1v) is 12.2. The molecule has 192 valence electrons. The van der Waals surface area contributed by atoms with Gasteiger partial charge in [0.1, 0.15) is 18.0 Å². The molecule has 36 heavy (non-hydrogen) atoms. The van der Waals surface area contributed by atoms with Crippen LogP contribution in [-0.4, -0.2) is 35.1 Å². The Hall–Kier alpha value is -3.73. The Morgan fingerprint density at radius 3 is 2.28 bits per heavy atom. The highest BCUT2D eigenvalue weighted by atomic mass is 32.2. The smallest absolute Gasteiger partial charge is 0.416 e. The third-order valence-corrected chi connectivity index (χ3v) is 7.15. The van der Waals surface area contributed by atoms with Crippen LogP contribution in [0.15, 0.2) is 77.7 Å². The molecule has 11 heteroatoms. The number of hydrogen-bond acceptors (Lipinski definition) is 5. The monoisotopic (exact) mass is 522 g/mol. The molecule has 1 atom stereocenters. The van der Waals surface area contributed by atoms with E-state index in [1.54, 1.807) is 31.2 Å². The van der Waals surface area contributed by atoms with Crippen molar-refractivity contribution in [3.05, 3.63) is 83.9 Å². The normalized spacial score (nSPS) is 12.5. The largest absolute Gasteiger partial charge is 0.497 e. The van der Waals surface area contributed by atoms with Gasteiger partial charge in [0, 0.05) is 5.56 Å². The van der Waals surface area contributed by atoms with Gasteiger partial charge < -0.3 is 14.8 Å². The standard InChI is InChI=1S/C25H25F3N2O5S/c1-17(22-15-20(34-2)12-13-23(22)35-3)29-24(31)16-30(36(32,33)21-10-5-4-6-11-21)19-9-7-8-18(14-19)25(26,27)28/h4-15,17H,16H2,1-3H3,(H,29,31). The van der Waals surface area contributed by atoms with Crippen molar-refractivity contribution in [3.63, 3.8) is 0 Å². The summed E-state index contributed by atoms with van der Waals surface area (Å²) in [5, 5.41) is 2.69. The minimum Gasteiger partial charge on any atom is -0.497 e. The number of benzene rings is 3. The molecule has 7 nitrogen and oxygen atoms in total. The second-order valence-corrected chi connectivity index (χ2v) is 9.63. The first-order valence-electron chi connectivity index (χ1n) is 10.7. The third-order valence-electron chi connectivity index (χ3n) is 5.36. The van der Waals surface area contributed by atoms with E-state index in [1.165, 1.54) is 44.6 Å². The topological polar surface area (TPSA) is 84.9 Å². The lowest BCUT2D eigenvalue weighted by atomic mass is 10.1. The van der Waals surface area contributed by atoms with Crippen LogP contribution in [0.5, 0.6) is 11.5 Å². The molecule has 0 bridgehead atoms. The summed E-state index contributed by atoms with van der Waals surface area (Å²) in [6.45, 7) is 0.907. The molecule has 0 aliphatic rings. The predicted molar refractivity (Wildman–Crippen MR) is 129 cm³/mol. The van der Waals surface area contributed by atoms with E-state index < -0.39 is 40.3 Å². The second kappa shape index (κ2) is 10.9. The molecule has 3 rings (SSSR count). The number of halogens is 3. The summed E-state index contributed by atoms with van der Waals surface area (Å²) < 4.78 is 78.0. The van der Waals surface area contributed by atoms with Gasteiger partial charge in [0.15, 0.2) is 0 Å². The van der Waals surface area contributed by atoms with Gasteiger partial charge in [0.25, 0.3) is 10.0 Å². The number of carbonyl (C=O) groups is 1. The highest BCUT2D eigenvalue weighted by Crippen LogP contribution is 2.33. The van der Waals surface area contributed by atoms with E-state index in [-0.39, 0.29) is 10.6 Å². The molecule has 0 aliphatic heterocycles. The fraction of sp³-hybridized carbons (Fsp3) is 0.240. The Balaban J connectivity index is 1.96. The van der Waals surface area contributed by atoms with Crippen molar-refractivity contribution in [1.29, 1.82) is 0 Å². The van der Waals surface area contributed by atoms with Crippen LogP contribution in [0.25, 0.3) is 0 Å². The van der Waals surface area contributed by atoms with Gasteiger partial charge in [-0.2, -0.15) is 13.2 Å². The van der Waals surface area contributed by atoms with Gasteiger partial charge in [-0.1, -0.05) is 24.3 Å². The van der Waals surface area contributed by atoms with E-state index in [0.717, 1.165) is 12.1 Å². The molecule has 0 saturated heterocycles. The summed E-state index contributed by atoms with van der Waals surface area (Å²) in [5.74, 6) is 0.253. The number of nitrogens with one attached hydrogen (secondary N) is 1. The summed E-state index contributed by atoms with van der Waals surface area (Å²) >= 11 is 0. The number of alkyl halides is 3. The van der Waals surface area contributed by atoms with E-state index >= 15 is 0 Å². The van der Waals surface area contributed by atoms with Crippen LogP contribution >= 0.6 is 0 Å². The predicted octanol–water partition coefficient (Wildman–Crippen LogP) is 4.80. The average molecular weight is 523 g/mol. The summed E-state index contributed by atoms with van der Waals surface area (Å²) in [7, 11) is -1.43. The maximum Gasteiger partial charge on any atom is 0.416 e. The minimum atomic E-state index is -4.70. The van der Waals surface area contributed by atoms with Crippen molar-refractivity contribution in [2.75, 3.05) is 25.1 Å². The maximum atomic E-state index is 13.4. The van der Waals surface area contributed by atoms with Crippen molar-refractivity contribution in [1.82, 2.24) is 5.32 Å². The molecule has 1 unspecified atom stereocenters. The lowest BCUT2D eigenvalue weighted by molar-refractivity contribution is -0.137. The van der Waals surface area contributed by atoms with Gasteiger partial charge in [-0.15, -0.1) is 0 Å². The van der Waals surface area contributed by atoms with Crippen molar-refractivity contribution in [2.45, 2.75) is 24.0 Å². The van der Waals surface area contributed by atoms with Crippen LogP contribution in [0.3, 0.4) is 0 Å². The van der Waals surface area contributed by atoms with Gasteiger partial charge in [-0.3, -0.25) is 9.10 Å². The zero-order valence-electron chi connectivity index (χ0n) is 19.7. The lowest BCUT2D eigenvalue weighted by Gasteiger charge is -2.26. The first-order chi connectivity index (χ1) is 17.0. The van der Waals surface area contributed by atoms with Crippen LogP contribution in [-0.2, 0) is 21.0 Å². The Morgan fingerprint density at radius 2 is 1.67 bits per heavy atom. The quantitative estimate of drug-likeness (QED) is 0.437. The summed E-state index contributed by atoms with van der Waals surface area (Å²) in [6.07, 6.45) is -4.70. The molecule has 0 spiro atoms. The molecular formula is C25H25F3N2O5S. The number of ether oxygens (including phenoxy) is 2. The van der Waals surface area contributed by atoms with Gasteiger partial charge in [-0.25, -0.2) is 8.42 Å². The zero-order valence-corrected chi connectivity index (χ0v) is 20.6. The van der Waals surface area contributed by atoms with Crippen molar-refractivity contribution >= 4 is 21.6 Å². The number of nitrogens with zero attached hydrogens (tertiary/aromatic N) is 1. The number of rotatable bonds is 9. The molecule has 1 amide bonds.